The fourth-order valence-electron chi connectivity index (χ4n) is 2.35. The Morgan fingerprint density at radius 1 is 0.880 bits per heavy atom. The van der Waals surface area contributed by atoms with Gasteiger partial charge in [0.1, 0.15) is 0 Å². The maximum atomic E-state index is 12.1. The predicted octanol–water partition coefficient (Wildman–Crippen LogP) is 3.54. The molecule has 0 aliphatic heterocycles. The topological polar surface area (TPSA) is 68.3 Å². The molecule has 3 rings (SSSR count). The molecule has 2 aromatic carbocycles. The summed E-state index contributed by atoms with van der Waals surface area (Å²) in [5.74, 6) is -0.959. The Hall–Kier alpha value is -3.47. The van der Waals surface area contributed by atoms with Gasteiger partial charge in [0.25, 0.3) is 5.91 Å². The van der Waals surface area contributed by atoms with Gasteiger partial charge < -0.3 is 10.1 Å². The number of benzene rings is 2. The molecule has 0 saturated carbocycles. The van der Waals surface area contributed by atoms with E-state index in [1.54, 1.807) is 0 Å². The van der Waals surface area contributed by atoms with E-state index < -0.39 is 11.9 Å². The van der Waals surface area contributed by atoms with Crippen LogP contribution in [0.15, 0.2) is 79.1 Å². The minimum absolute atomic E-state index is 0.354. The molecule has 5 nitrogen and oxygen atoms in total. The van der Waals surface area contributed by atoms with Crippen molar-refractivity contribution in [3.8, 4) is 11.1 Å². The summed E-state index contributed by atoms with van der Waals surface area (Å²) in [7, 11) is 0. The molecule has 5 heteroatoms. The van der Waals surface area contributed by atoms with Crippen LogP contribution in [0.4, 0.5) is 5.69 Å². The van der Waals surface area contributed by atoms with Crippen molar-refractivity contribution in [3.63, 3.8) is 0 Å². The van der Waals surface area contributed by atoms with Gasteiger partial charge in [0.15, 0.2) is 6.61 Å². The van der Waals surface area contributed by atoms with Crippen LogP contribution >= 0.6 is 0 Å². The number of rotatable bonds is 5. The average molecular weight is 332 g/mol. The molecule has 0 bridgehead atoms. The number of pyridine rings is 1. The van der Waals surface area contributed by atoms with Crippen LogP contribution in [0.1, 0.15) is 10.4 Å². The molecule has 124 valence electrons. The Labute approximate surface area is 145 Å². The molecule has 0 radical (unpaired) electrons. The normalized spacial score (nSPS) is 10.1. The molecular weight excluding hydrogens is 316 g/mol. The van der Waals surface area contributed by atoms with Crippen molar-refractivity contribution in [1.29, 1.82) is 0 Å². The van der Waals surface area contributed by atoms with E-state index in [1.807, 2.05) is 54.6 Å². The number of amides is 1. The highest BCUT2D eigenvalue weighted by atomic mass is 16.5. The lowest BCUT2D eigenvalue weighted by Crippen LogP contribution is -2.21. The number of aromatic nitrogens is 1. The van der Waals surface area contributed by atoms with E-state index >= 15 is 0 Å². The van der Waals surface area contributed by atoms with Gasteiger partial charge in [-0.2, -0.15) is 0 Å². The highest BCUT2D eigenvalue weighted by Crippen LogP contribution is 2.27. The molecule has 0 fully saturated rings. The molecule has 0 aliphatic carbocycles. The fraction of sp³-hybridized carbons (Fsp3) is 0.0500. The van der Waals surface area contributed by atoms with Crippen molar-refractivity contribution in [2.75, 3.05) is 11.9 Å². The van der Waals surface area contributed by atoms with Gasteiger partial charge >= 0.3 is 5.97 Å². The van der Waals surface area contributed by atoms with Crippen LogP contribution in [-0.2, 0) is 9.53 Å². The summed E-state index contributed by atoms with van der Waals surface area (Å²) in [5, 5.41) is 2.79. The number of esters is 1. The molecule has 3 aromatic rings. The lowest BCUT2D eigenvalue weighted by molar-refractivity contribution is -0.119. The second-order valence-corrected chi connectivity index (χ2v) is 5.27. The average Bonchev–Trinajstić information content (AvgIpc) is 2.68. The molecule has 0 spiro atoms. The molecule has 1 amide bonds. The summed E-state index contributed by atoms with van der Waals surface area (Å²) in [6, 6.07) is 20.3. The van der Waals surface area contributed by atoms with E-state index in [-0.39, 0.29) is 6.61 Å². The number of anilines is 1. The number of nitrogens with zero attached hydrogens (tertiary/aromatic N) is 1. The van der Waals surface area contributed by atoms with Crippen molar-refractivity contribution in [3.05, 3.63) is 84.7 Å². The Morgan fingerprint density at radius 2 is 1.56 bits per heavy atom. The third-order valence-corrected chi connectivity index (χ3v) is 3.54. The summed E-state index contributed by atoms with van der Waals surface area (Å²) in [6.45, 7) is -0.357. The zero-order valence-electron chi connectivity index (χ0n) is 13.4. The highest BCUT2D eigenvalue weighted by Gasteiger charge is 2.12. The SMILES string of the molecule is O=C(COC(=O)c1ccncc1)Nc1ccccc1-c1ccccc1. The number of nitrogens with one attached hydrogen (secondary N) is 1. The van der Waals surface area contributed by atoms with Gasteiger partial charge in [-0.15, -0.1) is 0 Å². The number of carbonyl (C=O) groups excluding carboxylic acids is 2. The molecule has 1 heterocycles. The molecule has 0 saturated heterocycles. The lowest BCUT2D eigenvalue weighted by atomic mass is 10.0. The molecule has 0 aliphatic rings. The van der Waals surface area contributed by atoms with E-state index in [2.05, 4.69) is 10.3 Å². The van der Waals surface area contributed by atoms with Crippen molar-refractivity contribution in [2.45, 2.75) is 0 Å². The van der Waals surface area contributed by atoms with Gasteiger partial charge in [-0.1, -0.05) is 48.5 Å². The number of ether oxygens (including phenoxy) is 1. The van der Waals surface area contributed by atoms with Crippen LogP contribution < -0.4 is 5.32 Å². The van der Waals surface area contributed by atoms with Crippen LogP contribution in [-0.4, -0.2) is 23.5 Å². The van der Waals surface area contributed by atoms with Crippen LogP contribution in [0.5, 0.6) is 0 Å². The summed E-state index contributed by atoms with van der Waals surface area (Å²) < 4.78 is 5.03. The standard InChI is InChI=1S/C20H16N2O3/c23-19(14-25-20(24)16-10-12-21-13-11-16)22-18-9-5-4-8-17(18)15-6-2-1-3-7-15/h1-13H,14H2,(H,22,23). The first kappa shape index (κ1) is 16.4. The van der Waals surface area contributed by atoms with Gasteiger partial charge in [-0.25, -0.2) is 4.79 Å². The minimum Gasteiger partial charge on any atom is -0.452 e. The Balaban J connectivity index is 1.65. The van der Waals surface area contributed by atoms with Crippen LogP contribution in [0.2, 0.25) is 0 Å². The van der Waals surface area contributed by atoms with Crippen molar-refractivity contribution < 1.29 is 14.3 Å². The van der Waals surface area contributed by atoms with E-state index in [0.717, 1.165) is 11.1 Å². The molecule has 0 atom stereocenters. The third kappa shape index (κ3) is 4.29. The van der Waals surface area contributed by atoms with Gasteiger partial charge in [-0.3, -0.25) is 9.78 Å². The minimum atomic E-state index is -0.561. The van der Waals surface area contributed by atoms with E-state index in [1.165, 1.54) is 24.5 Å². The van der Waals surface area contributed by atoms with E-state index in [4.69, 9.17) is 4.74 Å². The van der Waals surface area contributed by atoms with Crippen LogP contribution in [0.25, 0.3) is 11.1 Å². The summed E-state index contributed by atoms with van der Waals surface area (Å²) in [4.78, 5) is 27.8. The maximum absolute atomic E-state index is 12.1. The summed E-state index contributed by atoms with van der Waals surface area (Å²) in [6.07, 6.45) is 2.99. The largest absolute Gasteiger partial charge is 0.452 e. The van der Waals surface area contributed by atoms with Gasteiger partial charge in [0.05, 0.1) is 5.56 Å². The first-order valence-corrected chi connectivity index (χ1v) is 7.75. The van der Waals surface area contributed by atoms with E-state index in [9.17, 15) is 9.59 Å². The molecule has 0 unspecified atom stereocenters. The predicted molar refractivity (Wildman–Crippen MR) is 95.0 cm³/mol. The van der Waals surface area contributed by atoms with E-state index in [0.29, 0.717) is 11.3 Å². The number of hydrogen-bond donors (Lipinski definition) is 1. The van der Waals surface area contributed by atoms with Gasteiger partial charge in [0, 0.05) is 23.6 Å². The number of para-hydroxylation sites is 1. The summed E-state index contributed by atoms with van der Waals surface area (Å²) in [5.41, 5.74) is 2.91. The summed E-state index contributed by atoms with van der Waals surface area (Å²) >= 11 is 0. The lowest BCUT2D eigenvalue weighted by Gasteiger charge is -2.11. The molecule has 1 aromatic heterocycles. The monoisotopic (exact) mass is 332 g/mol. The second kappa shape index (κ2) is 7.88. The Morgan fingerprint density at radius 3 is 2.32 bits per heavy atom. The fourth-order valence-corrected chi connectivity index (χ4v) is 2.35. The smallest absolute Gasteiger partial charge is 0.338 e. The second-order valence-electron chi connectivity index (χ2n) is 5.27. The highest BCUT2D eigenvalue weighted by molar-refractivity contribution is 5.98. The Kier molecular flexibility index (Phi) is 5.16. The maximum Gasteiger partial charge on any atom is 0.338 e. The van der Waals surface area contributed by atoms with Gasteiger partial charge in [0.2, 0.25) is 0 Å². The quantitative estimate of drug-likeness (QED) is 0.726. The first-order chi connectivity index (χ1) is 12.2. The molecule has 25 heavy (non-hydrogen) atoms. The first-order valence-electron chi connectivity index (χ1n) is 7.75. The van der Waals surface area contributed by atoms with Crippen LogP contribution in [0, 0.1) is 0 Å². The zero-order chi connectivity index (χ0) is 17.5. The Bertz CT molecular complexity index is 864. The van der Waals surface area contributed by atoms with Crippen molar-refractivity contribution >= 4 is 17.6 Å². The van der Waals surface area contributed by atoms with Crippen molar-refractivity contribution in [1.82, 2.24) is 4.98 Å². The van der Waals surface area contributed by atoms with Crippen LogP contribution in [0.3, 0.4) is 0 Å². The third-order valence-electron chi connectivity index (χ3n) is 3.54. The molecule has 1 N–H and O–H groups in total. The number of hydrogen-bond acceptors (Lipinski definition) is 4. The molecular formula is C20H16N2O3. The van der Waals surface area contributed by atoms with Crippen molar-refractivity contribution in [2.24, 2.45) is 0 Å². The number of carbonyl (C=O) groups is 2. The van der Waals surface area contributed by atoms with Gasteiger partial charge in [-0.05, 0) is 23.8 Å². The zero-order valence-corrected chi connectivity index (χ0v) is 13.4.